The van der Waals surface area contributed by atoms with Crippen LogP contribution in [0.4, 0.5) is 0 Å². The quantitative estimate of drug-likeness (QED) is 0.744. The van der Waals surface area contributed by atoms with Gasteiger partial charge < -0.3 is 10.6 Å². The molecule has 2 N–H and O–H groups in total. The van der Waals surface area contributed by atoms with Gasteiger partial charge in [0.2, 0.25) is 5.91 Å². The molecule has 3 heteroatoms. The average molecular weight is 238 g/mol. The van der Waals surface area contributed by atoms with Crippen molar-refractivity contribution in [3.63, 3.8) is 0 Å². The molecule has 0 aromatic carbocycles. The first-order valence-corrected chi connectivity index (χ1v) is 7.26. The highest BCUT2D eigenvalue weighted by molar-refractivity contribution is 5.78. The van der Waals surface area contributed by atoms with E-state index in [-0.39, 0.29) is 5.91 Å². The van der Waals surface area contributed by atoms with Crippen LogP contribution in [0.25, 0.3) is 0 Å². The molecule has 2 aliphatic carbocycles. The van der Waals surface area contributed by atoms with Gasteiger partial charge in [0, 0.05) is 6.04 Å². The molecule has 1 unspecified atom stereocenters. The maximum absolute atomic E-state index is 11.7. The second-order valence-corrected chi connectivity index (χ2v) is 5.83. The highest BCUT2D eigenvalue weighted by atomic mass is 16.1. The smallest absolute Gasteiger partial charge is 0.234 e. The third-order valence-electron chi connectivity index (χ3n) is 4.16. The number of rotatable bonds is 6. The van der Waals surface area contributed by atoms with E-state index in [0.717, 1.165) is 12.5 Å². The van der Waals surface area contributed by atoms with Crippen LogP contribution in [0.5, 0.6) is 0 Å². The molecule has 0 aromatic heterocycles. The predicted octanol–water partition coefficient (Wildman–Crippen LogP) is 2.07. The standard InChI is InChI=1S/C14H26N2O/c1-11(13-5-3-2-4-6-13)16-14(17)10-15-9-12-7-8-12/h11-13,15H,2-10H2,1H3,(H,16,17). The van der Waals surface area contributed by atoms with Crippen LogP contribution in [-0.4, -0.2) is 25.0 Å². The van der Waals surface area contributed by atoms with Gasteiger partial charge in [-0.05, 0) is 51.0 Å². The summed E-state index contributed by atoms with van der Waals surface area (Å²) in [4.78, 5) is 11.7. The highest BCUT2D eigenvalue weighted by Crippen LogP contribution is 2.27. The van der Waals surface area contributed by atoms with Crippen LogP contribution in [0.3, 0.4) is 0 Å². The van der Waals surface area contributed by atoms with Crippen molar-refractivity contribution in [1.29, 1.82) is 0 Å². The van der Waals surface area contributed by atoms with Gasteiger partial charge >= 0.3 is 0 Å². The van der Waals surface area contributed by atoms with Crippen molar-refractivity contribution in [2.45, 2.75) is 57.9 Å². The van der Waals surface area contributed by atoms with Crippen LogP contribution in [-0.2, 0) is 4.79 Å². The van der Waals surface area contributed by atoms with Crippen molar-refractivity contribution < 1.29 is 4.79 Å². The second-order valence-electron chi connectivity index (χ2n) is 5.83. The molecule has 0 radical (unpaired) electrons. The minimum Gasteiger partial charge on any atom is -0.352 e. The lowest BCUT2D eigenvalue weighted by Gasteiger charge is -2.28. The average Bonchev–Trinajstić information content (AvgIpc) is 3.14. The Kier molecular flexibility index (Phi) is 4.84. The molecule has 0 aliphatic heterocycles. The molecule has 0 bridgehead atoms. The van der Waals surface area contributed by atoms with Crippen LogP contribution in [0.1, 0.15) is 51.9 Å². The molecule has 2 saturated carbocycles. The SMILES string of the molecule is CC(NC(=O)CNCC1CC1)C1CCCCC1. The Labute approximate surface area is 105 Å². The topological polar surface area (TPSA) is 41.1 Å². The molecule has 0 aromatic rings. The summed E-state index contributed by atoms with van der Waals surface area (Å²) in [5.41, 5.74) is 0. The summed E-state index contributed by atoms with van der Waals surface area (Å²) in [6, 6.07) is 0.352. The molecule has 98 valence electrons. The highest BCUT2D eigenvalue weighted by Gasteiger charge is 2.22. The predicted molar refractivity (Wildman–Crippen MR) is 69.8 cm³/mol. The summed E-state index contributed by atoms with van der Waals surface area (Å²) >= 11 is 0. The van der Waals surface area contributed by atoms with E-state index in [1.54, 1.807) is 0 Å². The lowest BCUT2D eigenvalue weighted by molar-refractivity contribution is -0.121. The number of carbonyl (C=O) groups is 1. The lowest BCUT2D eigenvalue weighted by atomic mass is 9.84. The van der Waals surface area contributed by atoms with Gasteiger partial charge in [-0.25, -0.2) is 0 Å². The van der Waals surface area contributed by atoms with E-state index in [0.29, 0.717) is 18.5 Å². The number of nitrogens with one attached hydrogen (secondary N) is 2. The van der Waals surface area contributed by atoms with Crippen molar-refractivity contribution >= 4 is 5.91 Å². The molecular weight excluding hydrogens is 212 g/mol. The van der Waals surface area contributed by atoms with E-state index in [2.05, 4.69) is 17.6 Å². The zero-order chi connectivity index (χ0) is 12.1. The van der Waals surface area contributed by atoms with Crippen LogP contribution in [0, 0.1) is 11.8 Å². The van der Waals surface area contributed by atoms with E-state index in [9.17, 15) is 4.79 Å². The monoisotopic (exact) mass is 238 g/mol. The Morgan fingerprint density at radius 2 is 1.88 bits per heavy atom. The van der Waals surface area contributed by atoms with Crippen molar-refractivity contribution in [3.8, 4) is 0 Å². The Bertz CT molecular complexity index is 245. The molecule has 1 atom stereocenters. The molecule has 1 amide bonds. The Hall–Kier alpha value is -0.570. The summed E-state index contributed by atoms with van der Waals surface area (Å²) in [5.74, 6) is 1.72. The van der Waals surface area contributed by atoms with Crippen LogP contribution in [0.2, 0.25) is 0 Å². The van der Waals surface area contributed by atoms with Crippen molar-refractivity contribution in [2.24, 2.45) is 11.8 Å². The maximum Gasteiger partial charge on any atom is 0.234 e. The van der Waals surface area contributed by atoms with Gasteiger partial charge in [-0.3, -0.25) is 4.79 Å². The van der Waals surface area contributed by atoms with Crippen molar-refractivity contribution in [2.75, 3.05) is 13.1 Å². The number of carbonyl (C=O) groups excluding carboxylic acids is 1. The minimum absolute atomic E-state index is 0.170. The molecule has 3 nitrogen and oxygen atoms in total. The molecule has 2 rings (SSSR count). The fourth-order valence-corrected chi connectivity index (χ4v) is 2.77. The van der Waals surface area contributed by atoms with Crippen molar-refractivity contribution in [3.05, 3.63) is 0 Å². The summed E-state index contributed by atoms with van der Waals surface area (Å²) in [6.45, 7) is 3.67. The molecule has 0 saturated heterocycles. The normalized spacial score (nSPS) is 23.4. The first kappa shape index (κ1) is 12.9. The molecule has 2 aliphatic rings. The van der Waals surface area contributed by atoms with Gasteiger partial charge in [-0.2, -0.15) is 0 Å². The molecular formula is C14H26N2O. The molecule has 0 heterocycles. The zero-order valence-electron chi connectivity index (χ0n) is 11.0. The summed E-state index contributed by atoms with van der Waals surface area (Å²) in [7, 11) is 0. The van der Waals surface area contributed by atoms with Crippen LogP contribution < -0.4 is 10.6 Å². The Balaban J connectivity index is 1.58. The van der Waals surface area contributed by atoms with E-state index >= 15 is 0 Å². The maximum atomic E-state index is 11.7. The van der Waals surface area contributed by atoms with Gasteiger partial charge in [0.1, 0.15) is 0 Å². The Morgan fingerprint density at radius 1 is 1.18 bits per heavy atom. The zero-order valence-corrected chi connectivity index (χ0v) is 11.0. The Morgan fingerprint density at radius 3 is 2.53 bits per heavy atom. The van der Waals surface area contributed by atoms with E-state index in [4.69, 9.17) is 0 Å². The fourth-order valence-electron chi connectivity index (χ4n) is 2.77. The molecule has 0 spiro atoms. The van der Waals surface area contributed by atoms with Gasteiger partial charge in [0.25, 0.3) is 0 Å². The number of amides is 1. The minimum atomic E-state index is 0.170. The van der Waals surface area contributed by atoms with Gasteiger partial charge in [-0.15, -0.1) is 0 Å². The number of hydrogen-bond donors (Lipinski definition) is 2. The van der Waals surface area contributed by atoms with Gasteiger partial charge in [0.15, 0.2) is 0 Å². The third-order valence-corrected chi connectivity index (χ3v) is 4.16. The second kappa shape index (κ2) is 6.39. The van der Waals surface area contributed by atoms with Crippen molar-refractivity contribution in [1.82, 2.24) is 10.6 Å². The summed E-state index contributed by atoms with van der Waals surface area (Å²) < 4.78 is 0. The number of hydrogen-bond acceptors (Lipinski definition) is 2. The first-order valence-electron chi connectivity index (χ1n) is 7.26. The van der Waals surface area contributed by atoms with E-state index in [1.165, 1.54) is 44.9 Å². The molecule has 17 heavy (non-hydrogen) atoms. The lowest BCUT2D eigenvalue weighted by Crippen LogP contribution is -2.43. The van der Waals surface area contributed by atoms with Crippen LogP contribution >= 0.6 is 0 Å². The van der Waals surface area contributed by atoms with E-state index in [1.807, 2.05) is 0 Å². The molecule has 2 fully saturated rings. The van der Waals surface area contributed by atoms with Gasteiger partial charge in [0.05, 0.1) is 6.54 Å². The summed E-state index contributed by atoms with van der Waals surface area (Å²) in [5, 5.41) is 6.39. The van der Waals surface area contributed by atoms with Crippen LogP contribution in [0.15, 0.2) is 0 Å². The summed E-state index contributed by atoms with van der Waals surface area (Å²) in [6.07, 6.45) is 9.31. The largest absolute Gasteiger partial charge is 0.352 e. The first-order chi connectivity index (χ1) is 8.25. The van der Waals surface area contributed by atoms with Gasteiger partial charge in [-0.1, -0.05) is 19.3 Å². The van der Waals surface area contributed by atoms with E-state index < -0.39 is 0 Å². The fraction of sp³-hybridized carbons (Fsp3) is 0.929. The third kappa shape index (κ3) is 4.66.